The molecule has 0 aliphatic carbocycles. The molecule has 0 spiro atoms. The van der Waals surface area contributed by atoms with Crippen molar-refractivity contribution in [3.8, 4) is 0 Å². The molecule has 0 aromatic rings. The van der Waals surface area contributed by atoms with Gasteiger partial charge in [-0.2, -0.15) is 0 Å². The fourth-order valence-electron chi connectivity index (χ4n) is 1.55. The lowest BCUT2D eigenvalue weighted by Crippen LogP contribution is -2.61. The summed E-state index contributed by atoms with van der Waals surface area (Å²) in [5, 5.41) is 2.91. The van der Waals surface area contributed by atoms with E-state index in [0.29, 0.717) is 13.2 Å². The van der Waals surface area contributed by atoms with Crippen LogP contribution in [0.5, 0.6) is 0 Å². The Bertz CT molecular complexity index is 291. The number of nitrogens with one attached hydrogen (secondary N) is 1. The number of rotatable bonds is 3. The lowest BCUT2D eigenvalue weighted by Gasteiger charge is -2.38. The average molecular weight is 229 g/mol. The summed E-state index contributed by atoms with van der Waals surface area (Å²) in [7, 11) is 1.71. The summed E-state index contributed by atoms with van der Waals surface area (Å²) in [6, 6.07) is -0.658. The van der Waals surface area contributed by atoms with Crippen molar-refractivity contribution < 1.29 is 14.3 Å². The number of primary amides is 1. The zero-order valence-electron chi connectivity index (χ0n) is 9.95. The molecule has 0 aromatic carbocycles. The Morgan fingerprint density at radius 2 is 2.12 bits per heavy atom. The van der Waals surface area contributed by atoms with Crippen molar-refractivity contribution in [3.63, 3.8) is 0 Å². The van der Waals surface area contributed by atoms with Crippen LogP contribution in [0.3, 0.4) is 0 Å². The molecular formula is C10H19N3O3. The molecule has 0 saturated carbocycles. The number of amides is 2. The number of hydrogen-bond acceptors (Lipinski definition) is 4. The molecule has 1 rings (SSSR count). The molecule has 92 valence electrons. The molecular weight excluding hydrogens is 210 g/mol. The first kappa shape index (κ1) is 12.9. The summed E-state index contributed by atoms with van der Waals surface area (Å²) >= 11 is 0. The number of nitrogens with two attached hydrogens (primary N) is 1. The second kappa shape index (κ2) is 4.80. The lowest BCUT2D eigenvalue weighted by atomic mass is 10.0. The lowest BCUT2D eigenvalue weighted by molar-refractivity contribution is -0.151. The summed E-state index contributed by atoms with van der Waals surface area (Å²) in [6.45, 7) is 4.55. The van der Waals surface area contributed by atoms with E-state index < -0.39 is 17.5 Å². The van der Waals surface area contributed by atoms with Crippen LogP contribution >= 0.6 is 0 Å². The number of likely N-dealkylation sites (N-methyl/N-ethyl adjacent to an activating group) is 1. The minimum atomic E-state index is -0.703. The van der Waals surface area contributed by atoms with Gasteiger partial charge in [-0.05, 0) is 20.9 Å². The maximum Gasteiger partial charge on any atom is 0.243 e. The molecule has 1 aliphatic rings. The van der Waals surface area contributed by atoms with E-state index in [1.54, 1.807) is 20.9 Å². The minimum Gasteiger partial charge on any atom is -0.377 e. The second-order valence-electron chi connectivity index (χ2n) is 4.37. The Kier molecular flexibility index (Phi) is 3.88. The van der Waals surface area contributed by atoms with Crippen molar-refractivity contribution in [2.75, 3.05) is 26.8 Å². The number of carbonyl (C=O) groups excluding carboxylic acids is 2. The molecule has 6 nitrogen and oxygen atoms in total. The van der Waals surface area contributed by atoms with Crippen LogP contribution < -0.4 is 11.1 Å². The normalized spacial score (nSPS) is 21.9. The largest absolute Gasteiger partial charge is 0.377 e. The van der Waals surface area contributed by atoms with Crippen LogP contribution in [0.2, 0.25) is 0 Å². The highest BCUT2D eigenvalue weighted by atomic mass is 16.5. The molecule has 0 aromatic heterocycles. The first-order chi connectivity index (χ1) is 7.40. The van der Waals surface area contributed by atoms with Crippen molar-refractivity contribution in [1.82, 2.24) is 10.2 Å². The highest BCUT2D eigenvalue weighted by molar-refractivity contribution is 5.91. The Balaban J connectivity index is 2.83. The van der Waals surface area contributed by atoms with Crippen LogP contribution in [0.1, 0.15) is 13.8 Å². The van der Waals surface area contributed by atoms with Crippen LogP contribution in [0.25, 0.3) is 0 Å². The molecule has 16 heavy (non-hydrogen) atoms. The van der Waals surface area contributed by atoms with E-state index in [-0.39, 0.29) is 12.5 Å². The van der Waals surface area contributed by atoms with Crippen molar-refractivity contribution in [2.24, 2.45) is 5.73 Å². The first-order valence-corrected chi connectivity index (χ1v) is 5.27. The third-order valence-corrected chi connectivity index (χ3v) is 2.88. The Labute approximate surface area is 95.1 Å². The zero-order valence-corrected chi connectivity index (χ0v) is 9.95. The van der Waals surface area contributed by atoms with Crippen molar-refractivity contribution >= 4 is 11.8 Å². The van der Waals surface area contributed by atoms with Crippen molar-refractivity contribution in [1.29, 1.82) is 0 Å². The van der Waals surface area contributed by atoms with Gasteiger partial charge in [0.1, 0.15) is 6.04 Å². The van der Waals surface area contributed by atoms with E-state index in [1.165, 1.54) is 4.90 Å². The Hall–Kier alpha value is -1.14. The van der Waals surface area contributed by atoms with Gasteiger partial charge >= 0.3 is 0 Å². The van der Waals surface area contributed by atoms with E-state index in [2.05, 4.69) is 5.32 Å². The van der Waals surface area contributed by atoms with Gasteiger partial charge in [0.2, 0.25) is 11.8 Å². The summed E-state index contributed by atoms with van der Waals surface area (Å²) in [4.78, 5) is 24.9. The van der Waals surface area contributed by atoms with Crippen LogP contribution in [0.4, 0.5) is 0 Å². The maximum atomic E-state index is 12.2. The molecule has 1 aliphatic heterocycles. The van der Waals surface area contributed by atoms with E-state index >= 15 is 0 Å². The number of hydrogen-bond donors (Lipinski definition) is 2. The molecule has 3 N–H and O–H groups in total. The van der Waals surface area contributed by atoms with E-state index in [9.17, 15) is 9.59 Å². The molecule has 1 saturated heterocycles. The summed E-state index contributed by atoms with van der Waals surface area (Å²) in [5.41, 5.74) is 4.54. The Morgan fingerprint density at radius 1 is 1.50 bits per heavy atom. The van der Waals surface area contributed by atoms with Gasteiger partial charge in [0.05, 0.1) is 18.8 Å². The van der Waals surface area contributed by atoms with Gasteiger partial charge < -0.3 is 20.7 Å². The minimum absolute atomic E-state index is 0.137. The summed E-state index contributed by atoms with van der Waals surface area (Å²) in [6.07, 6.45) is 0. The number of morpholine rings is 1. The number of carbonyl (C=O) groups is 2. The van der Waals surface area contributed by atoms with E-state index in [4.69, 9.17) is 10.5 Å². The van der Waals surface area contributed by atoms with Crippen LogP contribution in [0, 0.1) is 0 Å². The van der Waals surface area contributed by atoms with Crippen molar-refractivity contribution in [2.45, 2.75) is 25.4 Å². The monoisotopic (exact) mass is 229 g/mol. The van der Waals surface area contributed by atoms with Gasteiger partial charge in [0, 0.05) is 6.54 Å². The topological polar surface area (TPSA) is 84.7 Å². The zero-order chi connectivity index (χ0) is 12.3. The number of ether oxygens (including phenoxy) is 1. The van der Waals surface area contributed by atoms with Gasteiger partial charge in [-0.3, -0.25) is 9.59 Å². The van der Waals surface area contributed by atoms with Gasteiger partial charge in [-0.15, -0.1) is 0 Å². The van der Waals surface area contributed by atoms with Crippen LogP contribution in [-0.2, 0) is 14.3 Å². The third-order valence-electron chi connectivity index (χ3n) is 2.88. The molecule has 0 radical (unpaired) electrons. The third kappa shape index (κ3) is 2.51. The highest BCUT2D eigenvalue weighted by Gasteiger charge is 2.38. The molecule has 6 heteroatoms. The Morgan fingerprint density at radius 3 is 2.62 bits per heavy atom. The predicted octanol–water partition coefficient (Wildman–Crippen LogP) is -1.30. The van der Waals surface area contributed by atoms with Gasteiger partial charge in [0.15, 0.2) is 0 Å². The van der Waals surface area contributed by atoms with Gasteiger partial charge in [-0.1, -0.05) is 0 Å². The number of nitrogens with zero attached hydrogens (tertiary/aromatic N) is 1. The fourth-order valence-corrected chi connectivity index (χ4v) is 1.55. The van der Waals surface area contributed by atoms with E-state index in [0.717, 1.165) is 0 Å². The molecule has 2 amide bonds. The molecule has 1 fully saturated rings. The first-order valence-electron chi connectivity index (χ1n) is 5.27. The predicted molar refractivity (Wildman–Crippen MR) is 58.7 cm³/mol. The second-order valence-corrected chi connectivity index (χ2v) is 4.37. The van der Waals surface area contributed by atoms with Gasteiger partial charge in [0.25, 0.3) is 0 Å². The summed E-state index contributed by atoms with van der Waals surface area (Å²) in [5.74, 6) is -0.665. The molecule has 1 heterocycles. The maximum absolute atomic E-state index is 12.2. The van der Waals surface area contributed by atoms with Crippen LogP contribution in [-0.4, -0.2) is 55.1 Å². The SMILES string of the molecule is CNC(C)(C)C(=O)N1CCOCC1C(N)=O. The molecule has 1 unspecified atom stereocenters. The highest BCUT2D eigenvalue weighted by Crippen LogP contribution is 2.14. The van der Waals surface area contributed by atoms with E-state index in [1.807, 2.05) is 0 Å². The molecule has 0 bridgehead atoms. The van der Waals surface area contributed by atoms with Gasteiger partial charge in [-0.25, -0.2) is 0 Å². The average Bonchev–Trinajstić information content (AvgIpc) is 2.28. The standard InChI is InChI=1S/C10H19N3O3/c1-10(2,12-3)9(15)13-4-5-16-6-7(13)8(11)14/h7,12H,4-6H2,1-3H3,(H2,11,14). The fraction of sp³-hybridized carbons (Fsp3) is 0.800. The smallest absolute Gasteiger partial charge is 0.243 e. The summed E-state index contributed by atoms with van der Waals surface area (Å²) < 4.78 is 5.15. The van der Waals surface area contributed by atoms with Crippen molar-refractivity contribution in [3.05, 3.63) is 0 Å². The van der Waals surface area contributed by atoms with Crippen LogP contribution in [0.15, 0.2) is 0 Å². The quantitative estimate of drug-likeness (QED) is 0.630. The molecule has 1 atom stereocenters.